The highest BCUT2D eigenvalue weighted by Crippen LogP contribution is 2.37. The molecule has 0 unspecified atom stereocenters. The zero-order chi connectivity index (χ0) is 11.8. The number of hydrogen-bond donors (Lipinski definition) is 0. The first-order valence-corrected chi connectivity index (χ1v) is 6.15. The van der Waals surface area contributed by atoms with Crippen molar-refractivity contribution in [3.8, 4) is 0 Å². The Kier molecular flexibility index (Phi) is 2.37. The Bertz CT molecular complexity index is 530. The van der Waals surface area contributed by atoms with Crippen LogP contribution in [-0.2, 0) is 9.59 Å². The van der Waals surface area contributed by atoms with Crippen molar-refractivity contribution in [3.63, 3.8) is 0 Å². The Morgan fingerprint density at radius 2 is 1.82 bits per heavy atom. The van der Waals surface area contributed by atoms with Crippen molar-refractivity contribution < 1.29 is 9.59 Å². The van der Waals surface area contributed by atoms with Crippen molar-refractivity contribution >= 4 is 29.3 Å². The summed E-state index contributed by atoms with van der Waals surface area (Å²) in [6.45, 7) is 0. The third-order valence-electron chi connectivity index (χ3n) is 2.75. The molecule has 0 radical (unpaired) electrons. The van der Waals surface area contributed by atoms with Gasteiger partial charge in [0.25, 0.3) is 11.8 Å². The lowest BCUT2D eigenvalue weighted by atomic mass is 10.2. The molecule has 0 atom stereocenters. The minimum absolute atomic E-state index is 0.187. The molecule has 4 heteroatoms. The van der Waals surface area contributed by atoms with Gasteiger partial charge in [0.2, 0.25) is 0 Å². The van der Waals surface area contributed by atoms with E-state index in [1.54, 1.807) is 12.1 Å². The minimum Gasteiger partial charge on any atom is -0.269 e. The molecule has 3 rings (SSSR count). The van der Waals surface area contributed by atoms with Crippen molar-refractivity contribution in [2.24, 2.45) is 0 Å². The van der Waals surface area contributed by atoms with Crippen molar-refractivity contribution in [2.75, 3.05) is 4.90 Å². The molecule has 84 valence electrons. The van der Waals surface area contributed by atoms with Gasteiger partial charge in [-0.15, -0.1) is 0 Å². The second-order valence-corrected chi connectivity index (χ2v) is 4.70. The van der Waals surface area contributed by atoms with E-state index in [1.807, 2.05) is 29.7 Å². The second-order valence-electron chi connectivity index (χ2n) is 3.78. The van der Waals surface area contributed by atoms with Gasteiger partial charge in [0, 0.05) is 5.57 Å². The maximum atomic E-state index is 12.2. The second kappa shape index (κ2) is 3.89. The summed E-state index contributed by atoms with van der Waals surface area (Å²) < 4.78 is 0. The fraction of sp³-hybridized carbons (Fsp3) is 0.0769. The van der Waals surface area contributed by atoms with E-state index in [2.05, 4.69) is 0 Å². The van der Waals surface area contributed by atoms with Gasteiger partial charge in [-0.1, -0.05) is 36.0 Å². The number of carbonyl (C=O) groups is 2. The molecule has 0 bridgehead atoms. The molecule has 17 heavy (non-hydrogen) atoms. The Morgan fingerprint density at radius 3 is 2.53 bits per heavy atom. The molecule has 1 aromatic carbocycles. The van der Waals surface area contributed by atoms with Crippen LogP contribution in [0.3, 0.4) is 0 Å². The number of carbonyl (C=O) groups excluding carboxylic acids is 2. The van der Waals surface area contributed by atoms with Gasteiger partial charge < -0.3 is 0 Å². The molecule has 0 saturated carbocycles. The van der Waals surface area contributed by atoms with Crippen LogP contribution in [0.5, 0.6) is 0 Å². The first-order valence-electron chi connectivity index (χ1n) is 5.27. The van der Waals surface area contributed by atoms with Crippen molar-refractivity contribution in [2.45, 2.75) is 6.42 Å². The molecule has 3 nitrogen and oxygen atoms in total. The number of nitrogens with zero attached hydrogens (tertiary/aromatic N) is 1. The van der Waals surface area contributed by atoms with Crippen LogP contribution in [0, 0.1) is 0 Å². The van der Waals surface area contributed by atoms with E-state index in [1.165, 1.54) is 16.7 Å². The Balaban J connectivity index is 2.02. The Labute approximate surface area is 103 Å². The third kappa shape index (κ3) is 1.52. The lowest BCUT2D eigenvalue weighted by Crippen LogP contribution is -2.31. The molecular formula is C13H9NO2S. The van der Waals surface area contributed by atoms with Crippen LogP contribution in [0.15, 0.2) is 52.3 Å². The predicted molar refractivity (Wildman–Crippen MR) is 67.3 cm³/mol. The number of para-hydroxylation sites is 1. The summed E-state index contributed by atoms with van der Waals surface area (Å²) in [6.07, 6.45) is 2.46. The van der Waals surface area contributed by atoms with Crippen LogP contribution < -0.4 is 4.90 Å². The van der Waals surface area contributed by atoms with Crippen LogP contribution in [0.2, 0.25) is 0 Å². The number of anilines is 1. The van der Waals surface area contributed by atoms with E-state index in [0.29, 0.717) is 22.6 Å². The highest BCUT2D eigenvalue weighted by Gasteiger charge is 2.39. The third-order valence-corrected chi connectivity index (χ3v) is 3.74. The predicted octanol–water partition coefficient (Wildman–Crippen LogP) is 2.46. The van der Waals surface area contributed by atoms with Crippen LogP contribution in [0.1, 0.15) is 6.42 Å². The highest BCUT2D eigenvalue weighted by molar-refractivity contribution is 8.06. The number of allylic oxidation sites excluding steroid dienone is 1. The molecule has 2 amide bonds. The number of thioether (sulfide) groups is 1. The molecule has 0 spiro atoms. The number of imide groups is 1. The molecule has 0 N–H and O–H groups in total. The van der Waals surface area contributed by atoms with E-state index in [4.69, 9.17) is 0 Å². The van der Waals surface area contributed by atoms with Crippen LogP contribution in [0.25, 0.3) is 0 Å². The summed E-state index contributed by atoms with van der Waals surface area (Å²) in [6, 6.07) is 9.04. The lowest BCUT2D eigenvalue weighted by molar-refractivity contribution is -0.120. The van der Waals surface area contributed by atoms with Gasteiger partial charge in [-0.05, 0) is 24.0 Å². The molecular weight excluding hydrogens is 234 g/mol. The quantitative estimate of drug-likeness (QED) is 0.711. The van der Waals surface area contributed by atoms with Crippen molar-refractivity contribution in [1.82, 2.24) is 0 Å². The van der Waals surface area contributed by atoms with Crippen molar-refractivity contribution in [1.29, 1.82) is 0 Å². The zero-order valence-corrected chi connectivity index (χ0v) is 9.74. The zero-order valence-electron chi connectivity index (χ0n) is 8.92. The summed E-state index contributed by atoms with van der Waals surface area (Å²) >= 11 is 1.33. The Hall–Kier alpha value is -1.81. The van der Waals surface area contributed by atoms with E-state index < -0.39 is 0 Å². The molecule has 2 aliphatic rings. The number of benzene rings is 1. The maximum Gasteiger partial charge on any atom is 0.272 e. The topological polar surface area (TPSA) is 37.4 Å². The smallest absolute Gasteiger partial charge is 0.269 e. The van der Waals surface area contributed by atoms with E-state index in [-0.39, 0.29) is 11.8 Å². The first-order chi connectivity index (χ1) is 8.29. The molecule has 0 aliphatic carbocycles. The summed E-state index contributed by atoms with van der Waals surface area (Å²) in [5, 5.41) is 1.86. The van der Waals surface area contributed by atoms with Crippen LogP contribution in [0.4, 0.5) is 5.69 Å². The van der Waals surface area contributed by atoms with E-state index in [9.17, 15) is 9.59 Å². The fourth-order valence-corrected chi connectivity index (χ4v) is 2.78. The van der Waals surface area contributed by atoms with Crippen molar-refractivity contribution in [3.05, 3.63) is 52.3 Å². The SMILES string of the molecule is O=C1C2=C(SC=CC2)C(=O)N1c1ccccc1. The van der Waals surface area contributed by atoms with Gasteiger partial charge in [-0.25, -0.2) is 4.90 Å². The molecule has 2 heterocycles. The van der Waals surface area contributed by atoms with Gasteiger partial charge in [0.1, 0.15) is 0 Å². The molecule has 1 aromatic rings. The van der Waals surface area contributed by atoms with Gasteiger partial charge >= 0.3 is 0 Å². The molecule has 0 fully saturated rings. The minimum atomic E-state index is -0.203. The first kappa shape index (κ1) is 10.4. The average molecular weight is 243 g/mol. The fourth-order valence-electron chi connectivity index (χ4n) is 1.95. The molecule has 0 saturated heterocycles. The summed E-state index contributed by atoms with van der Waals surface area (Å²) in [7, 11) is 0. The largest absolute Gasteiger partial charge is 0.272 e. The van der Waals surface area contributed by atoms with Gasteiger partial charge in [-0.2, -0.15) is 0 Å². The molecule has 0 aromatic heterocycles. The van der Waals surface area contributed by atoms with Gasteiger partial charge in [0.05, 0.1) is 10.6 Å². The normalized spacial score (nSPS) is 18.9. The average Bonchev–Trinajstić information content (AvgIpc) is 2.64. The summed E-state index contributed by atoms with van der Waals surface area (Å²) in [4.78, 5) is 26.1. The van der Waals surface area contributed by atoms with Crippen LogP contribution >= 0.6 is 11.8 Å². The summed E-state index contributed by atoms with van der Waals surface area (Å²) in [5.74, 6) is -0.390. The standard InChI is InChI=1S/C13H9NO2S/c15-12-10-7-4-8-17-11(10)13(16)14(12)9-5-2-1-3-6-9/h1-6,8H,7H2. The van der Waals surface area contributed by atoms with Gasteiger partial charge in [-0.3, -0.25) is 9.59 Å². The van der Waals surface area contributed by atoms with E-state index in [0.717, 1.165) is 0 Å². The maximum absolute atomic E-state index is 12.2. The summed E-state index contributed by atoms with van der Waals surface area (Å²) in [5.41, 5.74) is 1.25. The molecule has 2 aliphatic heterocycles. The van der Waals surface area contributed by atoms with Gasteiger partial charge in [0.15, 0.2) is 0 Å². The van der Waals surface area contributed by atoms with E-state index >= 15 is 0 Å². The highest BCUT2D eigenvalue weighted by atomic mass is 32.2. The number of amides is 2. The number of rotatable bonds is 1. The Morgan fingerprint density at radius 1 is 1.06 bits per heavy atom. The van der Waals surface area contributed by atoms with Crippen LogP contribution in [-0.4, -0.2) is 11.8 Å². The number of hydrogen-bond acceptors (Lipinski definition) is 3. The monoisotopic (exact) mass is 243 g/mol. The lowest BCUT2D eigenvalue weighted by Gasteiger charge is -2.14.